The van der Waals surface area contributed by atoms with Crippen molar-refractivity contribution < 1.29 is 9.53 Å². The van der Waals surface area contributed by atoms with E-state index in [0.29, 0.717) is 23.6 Å². The Kier molecular flexibility index (Phi) is 4.74. The minimum Gasteiger partial charge on any atom is -0.489 e. The third kappa shape index (κ3) is 3.50. The molecule has 2 heterocycles. The molecule has 0 bridgehead atoms. The molecular weight excluding hydrogens is 314 g/mol. The summed E-state index contributed by atoms with van der Waals surface area (Å²) < 4.78 is 7.63. The summed E-state index contributed by atoms with van der Waals surface area (Å²) in [6.07, 6.45) is 2.61. The van der Waals surface area contributed by atoms with Crippen LogP contribution in [0.3, 0.4) is 0 Å². The quantitative estimate of drug-likeness (QED) is 0.757. The maximum Gasteiger partial charge on any atom is 0.274 e. The average Bonchev–Trinajstić information content (AvgIpc) is 2.93. The fourth-order valence-electron chi connectivity index (χ4n) is 2.79. The number of imidazole rings is 1. The second-order valence-corrected chi connectivity index (χ2v) is 6.31. The highest BCUT2D eigenvalue weighted by atomic mass is 16.5. The first-order valence-electron chi connectivity index (χ1n) is 8.54. The molecule has 1 aromatic carbocycles. The molecule has 3 aromatic rings. The third-order valence-corrected chi connectivity index (χ3v) is 3.90. The number of para-hydroxylation sites is 2. The van der Waals surface area contributed by atoms with Crippen LogP contribution in [0.2, 0.25) is 0 Å². The Morgan fingerprint density at radius 3 is 2.76 bits per heavy atom. The van der Waals surface area contributed by atoms with Gasteiger partial charge in [0, 0.05) is 6.20 Å². The van der Waals surface area contributed by atoms with Gasteiger partial charge in [0.1, 0.15) is 17.1 Å². The molecule has 130 valence electrons. The zero-order chi connectivity index (χ0) is 18.0. The summed E-state index contributed by atoms with van der Waals surface area (Å²) in [5.41, 5.74) is 3.91. The maximum atomic E-state index is 13.0. The Bertz CT molecular complexity index is 912. The van der Waals surface area contributed by atoms with Gasteiger partial charge in [-0.15, -0.1) is 0 Å². The van der Waals surface area contributed by atoms with Gasteiger partial charge >= 0.3 is 0 Å². The smallest absolute Gasteiger partial charge is 0.274 e. The van der Waals surface area contributed by atoms with Crippen LogP contribution in [0, 0.1) is 6.92 Å². The highest BCUT2D eigenvalue weighted by molar-refractivity contribution is 6.05. The van der Waals surface area contributed by atoms with Crippen LogP contribution in [0.25, 0.3) is 5.65 Å². The first-order valence-corrected chi connectivity index (χ1v) is 8.54. The molecule has 1 amide bonds. The number of fused-ring (bicyclic) bond motifs is 1. The SMILES string of the molecule is CCc1nc2cc(C)ccn2c1C(=O)Nc1ccccc1OC(C)C. The number of aryl methyl sites for hydroxylation is 2. The number of hydrogen-bond donors (Lipinski definition) is 1. The second kappa shape index (κ2) is 6.97. The Morgan fingerprint density at radius 2 is 2.04 bits per heavy atom. The number of rotatable bonds is 5. The third-order valence-electron chi connectivity index (χ3n) is 3.90. The van der Waals surface area contributed by atoms with Crippen molar-refractivity contribution in [2.45, 2.75) is 40.2 Å². The van der Waals surface area contributed by atoms with E-state index in [1.165, 1.54) is 0 Å². The number of amides is 1. The van der Waals surface area contributed by atoms with Crippen LogP contribution >= 0.6 is 0 Å². The molecule has 3 rings (SSSR count). The van der Waals surface area contributed by atoms with Gasteiger partial charge in [0.05, 0.1) is 17.5 Å². The van der Waals surface area contributed by atoms with Gasteiger partial charge in [-0.05, 0) is 57.0 Å². The fraction of sp³-hybridized carbons (Fsp3) is 0.300. The Balaban J connectivity index is 1.98. The lowest BCUT2D eigenvalue weighted by molar-refractivity contribution is 0.101. The summed E-state index contributed by atoms with van der Waals surface area (Å²) in [5.74, 6) is 0.474. The molecule has 0 aliphatic rings. The zero-order valence-corrected chi connectivity index (χ0v) is 15.0. The monoisotopic (exact) mass is 337 g/mol. The van der Waals surface area contributed by atoms with Gasteiger partial charge in [-0.1, -0.05) is 19.1 Å². The molecule has 0 radical (unpaired) electrons. The second-order valence-electron chi connectivity index (χ2n) is 6.31. The molecule has 0 aliphatic heterocycles. The predicted octanol–water partition coefficient (Wildman–Crippen LogP) is 4.24. The van der Waals surface area contributed by atoms with Crippen molar-refractivity contribution in [3.63, 3.8) is 0 Å². The number of anilines is 1. The standard InChI is InChI=1S/C20H23N3O2/c1-5-15-19(23-11-10-14(4)12-18(23)21-15)20(24)22-16-8-6-7-9-17(16)25-13(2)3/h6-13H,5H2,1-4H3,(H,22,24). The number of nitrogens with one attached hydrogen (secondary N) is 1. The normalized spacial score (nSPS) is 11.1. The first-order chi connectivity index (χ1) is 12.0. The predicted molar refractivity (Wildman–Crippen MR) is 99.5 cm³/mol. The molecule has 2 aromatic heterocycles. The molecule has 0 saturated heterocycles. The summed E-state index contributed by atoms with van der Waals surface area (Å²) in [7, 11) is 0. The Hall–Kier alpha value is -2.82. The number of benzene rings is 1. The van der Waals surface area contributed by atoms with Gasteiger partial charge in [0.2, 0.25) is 0 Å². The molecule has 0 atom stereocenters. The highest BCUT2D eigenvalue weighted by Crippen LogP contribution is 2.26. The lowest BCUT2D eigenvalue weighted by atomic mass is 10.2. The summed E-state index contributed by atoms with van der Waals surface area (Å²) >= 11 is 0. The van der Waals surface area contributed by atoms with Gasteiger partial charge in [0.15, 0.2) is 0 Å². The van der Waals surface area contributed by atoms with E-state index in [9.17, 15) is 4.79 Å². The van der Waals surface area contributed by atoms with E-state index in [2.05, 4.69) is 10.3 Å². The van der Waals surface area contributed by atoms with E-state index < -0.39 is 0 Å². The van der Waals surface area contributed by atoms with Gasteiger partial charge < -0.3 is 10.1 Å². The molecule has 5 nitrogen and oxygen atoms in total. The number of hydrogen-bond acceptors (Lipinski definition) is 3. The average molecular weight is 337 g/mol. The van der Waals surface area contributed by atoms with Crippen molar-refractivity contribution in [1.82, 2.24) is 9.38 Å². The van der Waals surface area contributed by atoms with E-state index in [0.717, 1.165) is 16.9 Å². The van der Waals surface area contributed by atoms with Crippen molar-refractivity contribution >= 4 is 17.2 Å². The zero-order valence-electron chi connectivity index (χ0n) is 15.0. The van der Waals surface area contributed by atoms with Crippen LogP contribution in [0.5, 0.6) is 5.75 Å². The Labute approximate surface area is 147 Å². The molecule has 5 heteroatoms. The minimum atomic E-state index is -0.187. The van der Waals surface area contributed by atoms with E-state index in [-0.39, 0.29) is 12.0 Å². The Morgan fingerprint density at radius 1 is 1.28 bits per heavy atom. The van der Waals surface area contributed by atoms with Crippen LogP contribution in [0.4, 0.5) is 5.69 Å². The van der Waals surface area contributed by atoms with Crippen LogP contribution < -0.4 is 10.1 Å². The molecule has 0 fully saturated rings. The van der Waals surface area contributed by atoms with Crippen molar-refractivity contribution in [3.8, 4) is 5.75 Å². The lowest BCUT2D eigenvalue weighted by Crippen LogP contribution is -2.17. The topological polar surface area (TPSA) is 55.6 Å². The van der Waals surface area contributed by atoms with Crippen LogP contribution in [0.15, 0.2) is 42.6 Å². The van der Waals surface area contributed by atoms with E-state index in [1.807, 2.05) is 74.7 Å². The molecule has 0 saturated carbocycles. The number of pyridine rings is 1. The molecule has 0 aliphatic carbocycles. The summed E-state index contributed by atoms with van der Waals surface area (Å²) in [6, 6.07) is 11.4. The van der Waals surface area contributed by atoms with Gasteiger partial charge in [-0.2, -0.15) is 0 Å². The largest absolute Gasteiger partial charge is 0.489 e. The number of aromatic nitrogens is 2. The molecular formula is C20H23N3O2. The summed E-state index contributed by atoms with van der Waals surface area (Å²) in [6.45, 7) is 7.93. The number of ether oxygens (including phenoxy) is 1. The maximum absolute atomic E-state index is 13.0. The molecule has 25 heavy (non-hydrogen) atoms. The molecule has 1 N–H and O–H groups in total. The molecule has 0 spiro atoms. The molecule has 0 unspecified atom stereocenters. The highest BCUT2D eigenvalue weighted by Gasteiger charge is 2.19. The lowest BCUT2D eigenvalue weighted by Gasteiger charge is -2.15. The summed E-state index contributed by atoms with van der Waals surface area (Å²) in [5, 5.41) is 2.98. The van der Waals surface area contributed by atoms with E-state index >= 15 is 0 Å². The number of carbonyl (C=O) groups is 1. The first kappa shape index (κ1) is 17.0. The van der Waals surface area contributed by atoms with E-state index in [1.54, 1.807) is 0 Å². The summed E-state index contributed by atoms with van der Waals surface area (Å²) in [4.78, 5) is 17.6. The van der Waals surface area contributed by atoms with Crippen molar-refractivity contribution in [2.75, 3.05) is 5.32 Å². The van der Waals surface area contributed by atoms with Gasteiger partial charge in [0.25, 0.3) is 5.91 Å². The van der Waals surface area contributed by atoms with Gasteiger partial charge in [-0.3, -0.25) is 9.20 Å². The van der Waals surface area contributed by atoms with E-state index in [4.69, 9.17) is 4.74 Å². The van der Waals surface area contributed by atoms with Crippen molar-refractivity contribution in [2.24, 2.45) is 0 Å². The van der Waals surface area contributed by atoms with Crippen molar-refractivity contribution in [1.29, 1.82) is 0 Å². The fourth-order valence-corrected chi connectivity index (χ4v) is 2.79. The van der Waals surface area contributed by atoms with Gasteiger partial charge in [-0.25, -0.2) is 4.98 Å². The van der Waals surface area contributed by atoms with Crippen molar-refractivity contribution in [3.05, 3.63) is 59.5 Å². The van der Waals surface area contributed by atoms with Crippen LogP contribution in [-0.2, 0) is 6.42 Å². The number of carbonyl (C=O) groups excluding carboxylic acids is 1. The minimum absolute atomic E-state index is 0.0306. The van der Waals surface area contributed by atoms with Crippen LogP contribution in [0.1, 0.15) is 42.5 Å². The van der Waals surface area contributed by atoms with Crippen LogP contribution in [-0.4, -0.2) is 21.4 Å². The number of nitrogens with zero attached hydrogens (tertiary/aromatic N) is 2.